The number of carbonyl (C=O) groups is 1. The maximum atomic E-state index is 12.9. The second kappa shape index (κ2) is 16.0. The Kier molecular flexibility index (Phi) is 10.9. The highest BCUT2D eigenvalue weighted by Gasteiger charge is 2.40. The molecule has 2 bridgehead atoms. The highest BCUT2D eigenvalue weighted by Crippen LogP contribution is 2.39. The summed E-state index contributed by atoms with van der Waals surface area (Å²) in [5.41, 5.74) is 5.48. The van der Waals surface area contributed by atoms with Gasteiger partial charge in [-0.3, -0.25) is 9.69 Å². The van der Waals surface area contributed by atoms with Crippen LogP contribution in [0.5, 0.6) is 11.5 Å². The van der Waals surface area contributed by atoms with Crippen molar-refractivity contribution in [3.05, 3.63) is 124 Å². The fourth-order valence-corrected chi connectivity index (χ4v) is 7.81. The van der Waals surface area contributed by atoms with E-state index in [4.69, 9.17) is 4.74 Å². The molecule has 1 unspecified atom stereocenters. The highest BCUT2D eigenvalue weighted by molar-refractivity contribution is 5.94. The van der Waals surface area contributed by atoms with Crippen molar-refractivity contribution in [1.29, 1.82) is 0 Å². The molecule has 3 aliphatic rings. The monoisotopic (exact) mass is 702 g/mol. The number of aliphatic hydroxyl groups is 1. The largest absolute Gasteiger partial charge is 0.503 e. The molecule has 0 saturated carbocycles. The van der Waals surface area contributed by atoms with E-state index in [9.17, 15) is 24.9 Å². The van der Waals surface area contributed by atoms with Crippen LogP contribution in [0.3, 0.4) is 0 Å². The number of unbranched alkanes of at least 4 members (excludes halogenated alkanes) is 1. The number of nitrogens with zero attached hydrogens (tertiary/aromatic N) is 2. The van der Waals surface area contributed by atoms with Gasteiger partial charge in [-0.25, -0.2) is 4.79 Å². The molecule has 52 heavy (non-hydrogen) atoms. The number of pyridine rings is 1. The third-order valence-corrected chi connectivity index (χ3v) is 10.5. The van der Waals surface area contributed by atoms with E-state index in [1.165, 1.54) is 6.07 Å². The third kappa shape index (κ3) is 7.99. The van der Waals surface area contributed by atoms with Crippen LogP contribution in [0.2, 0.25) is 0 Å². The lowest BCUT2D eigenvalue weighted by atomic mass is 9.82. The number of aromatic nitrogens is 1. The van der Waals surface area contributed by atoms with Gasteiger partial charge in [0, 0.05) is 36.1 Å². The van der Waals surface area contributed by atoms with E-state index in [-0.39, 0.29) is 18.3 Å². The molecule has 0 spiro atoms. The average molecular weight is 703 g/mol. The first-order valence-electron chi connectivity index (χ1n) is 18.2. The van der Waals surface area contributed by atoms with E-state index in [0.29, 0.717) is 35.5 Å². The van der Waals surface area contributed by atoms with Crippen molar-refractivity contribution in [3.63, 3.8) is 0 Å². The molecule has 270 valence electrons. The number of hydrogen-bond donors (Lipinski definition) is 5. The smallest absolute Gasteiger partial charge is 0.412 e. The molecule has 8 rings (SSSR count). The SMILES string of the molecule is O=C(O)N(c1cc(CCCCOc2cccc(CNC[C@H](O)c3cccc4[nH]c(=O)c(O)cc34)c2)ccc1-c1ccccc1)C1CN2CCC1CC2. The van der Waals surface area contributed by atoms with Crippen LogP contribution in [0, 0.1) is 5.92 Å². The van der Waals surface area contributed by atoms with Crippen molar-refractivity contribution in [2.75, 3.05) is 37.7 Å². The Balaban J connectivity index is 0.935. The second-order valence-corrected chi connectivity index (χ2v) is 14.0. The molecule has 3 aliphatic heterocycles. The van der Waals surface area contributed by atoms with Crippen LogP contribution < -0.4 is 20.5 Å². The molecule has 2 atom stereocenters. The van der Waals surface area contributed by atoms with E-state index < -0.39 is 17.8 Å². The fraction of sp³-hybridized carbons (Fsp3) is 0.333. The van der Waals surface area contributed by atoms with Gasteiger partial charge in [0.25, 0.3) is 5.56 Å². The Labute approximate surface area is 303 Å². The molecule has 10 nitrogen and oxygen atoms in total. The Morgan fingerprint density at radius 3 is 2.52 bits per heavy atom. The van der Waals surface area contributed by atoms with Crippen molar-refractivity contribution >= 4 is 22.7 Å². The van der Waals surface area contributed by atoms with Crippen molar-refractivity contribution in [3.8, 4) is 22.6 Å². The summed E-state index contributed by atoms with van der Waals surface area (Å²) in [6.07, 6.45) is 2.92. The van der Waals surface area contributed by atoms with Crippen molar-refractivity contribution in [2.45, 2.75) is 50.8 Å². The van der Waals surface area contributed by atoms with Gasteiger partial charge < -0.3 is 35.3 Å². The van der Waals surface area contributed by atoms with Gasteiger partial charge >= 0.3 is 6.09 Å². The van der Waals surface area contributed by atoms with Crippen molar-refractivity contribution < 1.29 is 24.9 Å². The number of carboxylic acid groups (broad SMARTS) is 1. The van der Waals surface area contributed by atoms with Gasteiger partial charge in [-0.05, 0) is 104 Å². The van der Waals surface area contributed by atoms with Gasteiger partial charge in [0.15, 0.2) is 5.75 Å². The number of fused-ring (bicyclic) bond motifs is 4. The lowest BCUT2D eigenvalue weighted by Gasteiger charge is -2.48. The predicted octanol–water partition coefficient (Wildman–Crippen LogP) is 6.70. The Morgan fingerprint density at radius 1 is 0.942 bits per heavy atom. The molecule has 10 heteroatoms. The summed E-state index contributed by atoms with van der Waals surface area (Å²) >= 11 is 0. The molecule has 0 radical (unpaired) electrons. The number of rotatable bonds is 14. The van der Waals surface area contributed by atoms with E-state index in [1.54, 1.807) is 23.1 Å². The van der Waals surface area contributed by atoms with Gasteiger partial charge in [0.05, 0.1) is 24.4 Å². The fourth-order valence-electron chi connectivity index (χ4n) is 7.81. The van der Waals surface area contributed by atoms with Gasteiger partial charge in [0.2, 0.25) is 0 Å². The molecule has 3 fully saturated rings. The average Bonchev–Trinajstić information content (AvgIpc) is 3.16. The number of aromatic amines is 1. The van der Waals surface area contributed by atoms with Crippen LogP contribution in [0.1, 0.15) is 48.5 Å². The minimum atomic E-state index is -0.889. The summed E-state index contributed by atoms with van der Waals surface area (Å²) in [7, 11) is 0. The van der Waals surface area contributed by atoms with Crippen molar-refractivity contribution in [2.24, 2.45) is 5.92 Å². The third-order valence-electron chi connectivity index (χ3n) is 10.5. The number of H-pyrrole nitrogens is 1. The number of amides is 1. The van der Waals surface area contributed by atoms with Crippen LogP contribution in [0.15, 0.2) is 102 Å². The van der Waals surface area contributed by atoms with Gasteiger partial charge in [-0.15, -0.1) is 0 Å². The second-order valence-electron chi connectivity index (χ2n) is 14.0. The highest BCUT2D eigenvalue weighted by atomic mass is 16.5. The lowest BCUT2D eigenvalue weighted by molar-refractivity contribution is 0.0837. The number of anilines is 1. The normalized spacial score (nSPS) is 18.7. The zero-order valence-electron chi connectivity index (χ0n) is 29.2. The van der Waals surface area contributed by atoms with E-state index in [2.05, 4.69) is 33.4 Å². The summed E-state index contributed by atoms with van der Waals surface area (Å²) < 4.78 is 6.11. The number of nitrogens with one attached hydrogen (secondary N) is 2. The molecule has 3 saturated heterocycles. The molecule has 1 aromatic heterocycles. The van der Waals surface area contributed by atoms with Gasteiger partial charge in [-0.1, -0.05) is 66.7 Å². The maximum absolute atomic E-state index is 12.9. The summed E-state index contributed by atoms with van der Waals surface area (Å²) in [4.78, 5) is 31.4. The summed E-state index contributed by atoms with van der Waals surface area (Å²) in [6, 6.07) is 30.9. The standard InChI is InChI=1S/C42H46N4O6/c47-39-24-35-34(13-7-14-36(35)44-41(39)49)40(48)26-43-25-29-9-6-12-32(22-29)52-21-5-4-8-28-15-16-33(30-10-2-1-3-11-30)37(23-28)46(42(50)51)38-27-45-19-17-31(38)18-20-45/h1-3,6-7,9-16,22-24,31,38,40,43,47-48H,4-5,8,17-21,25-27H2,(H,44,49)(H,50,51)/t38?,40-/m0/s1. The molecule has 1 amide bonds. The lowest BCUT2D eigenvalue weighted by Crippen LogP contribution is -2.59. The molecule has 4 heterocycles. The molecule has 5 N–H and O–H groups in total. The molecule has 4 aromatic carbocycles. The van der Waals surface area contributed by atoms with Gasteiger partial charge in [0.1, 0.15) is 5.75 Å². The Bertz CT molecular complexity index is 2060. The number of hydrogen-bond acceptors (Lipinski definition) is 7. The Morgan fingerprint density at radius 2 is 1.75 bits per heavy atom. The Hall–Kier alpha value is -5.16. The summed E-state index contributed by atoms with van der Waals surface area (Å²) in [6.45, 7) is 4.25. The summed E-state index contributed by atoms with van der Waals surface area (Å²) in [5.74, 6) is 0.773. The number of aromatic hydroxyl groups is 1. The maximum Gasteiger partial charge on any atom is 0.412 e. The van der Waals surface area contributed by atoms with E-state index in [1.807, 2.05) is 54.6 Å². The van der Waals surface area contributed by atoms with Crippen molar-refractivity contribution in [1.82, 2.24) is 15.2 Å². The minimum Gasteiger partial charge on any atom is -0.503 e. The van der Waals surface area contributed by atoms with Crippen LogP contribution in [-0.4, -0.2) is 70.1 Å². The predicted molar refractivity (Wildman–Crippen MR) is 203 cm³/mol. The first kappa shape index (κ1) is 35.3. The van der Waals surface area contributed by atoms with E-state index in [0.717, 1.165) is 85.4 Å². The number of aliphatic hydroxyl groups excluding tert-OH is 1. The zero-order valence-corrected chi connectivity index (χ0v) is 29.2. The number of benzene rings is 4. The number of piperidine rings is 3. The van der Waals surface area contributed by atoms with Crippen LogP contribution in [0.25, 0.3) is 22.0 Å². The van der Waals surface area contributed by atoms with Gasteiger partial charge in [-0.2, -0.15) is 0 Å². The zero-order chi connectivity index (χ0) is 36.0. The molecule has 5 aromatic rings. The number of ether oxygens (including phenoxy) is 1. The minimum absolute atomic E-state index is 0.0466. The van der Waals surface area contributed by atoms with Crippen LogP contribution in [-0.2, 0) is 13.0 Å². The van der Waals surface area contributed by atoms with E-state index >= 15 is 0 Å². The quantitative estimate of drug-likeness (QED) is 0.0806. The first-order valence-corrected chi connectivity index (χ1v) is 18.2. The van der Waals surface area contributed by atoms with Crippen LogP contribution in [0.4, 0.5) is 10.5 Å². The molecule has 0 aliphatic carbocycles. The first-order chi connectivity index (χ1) is 25.3. The molecular weight excluding hydrogens is 656 g/mol. The topological polar surface area (TPSA) is 138 Å². The number of aryl methyl sites for hydroxylation is 1. The molecular formula is C42H46N4O6. The van der Waals surface area contributed by atoms with Crippen LogP contribution >= 0.6 is 0 Å². The summed E-state index contributed by atoms with van der Waals surface area (Å²) in [5, 5.41) is 35.2.